The predicted molar refractivity (Wildman–Crippen MR) is 62.8 cm³/mol. The molecule has 5 nitrogen and oxygen atoms in total. The van der Waals surface area contributed by atoms with Crippen LogP contribution in [0.25, 0.3) is 0 Å². The molecular weight excluding hydrogens is 318 g/mol. The molecule has 1 unspecified atom stereocenters. The molecule has 0 saturated carbocycles. The number of rotatable bonds is 6. The first kappa shape index (κ1) is 12.0. The summed E-state index contributed by atoms with van der Waals surface area (Å²) in [6.07, 6.45) is 1.36. The van der Waals surface area contributed by atoms with E-state index in [0.717, 1.165) is 0 Å². The third-order valence-corrected chi connectivity index (χ3v) is 2.62. The van der Waals surface area contributed by atoms with Crippen molar-refractivity contribution in [2.75, 3.05) is 13.2 Å². The third-order valence-electron chi connectivity index (χ3n) is 1.37. The van der Waals surface area contributed by atoms with Gasteiger partial charge in [0.05, 0.1) is 38.3 Å². The molecule has 14 heavy (non-hydrogen) atoms. The van der Waals surface area contributed by atoms with E-state index in [0.29, 0.717) is 32.0 Å². The van der Waals surface area contributed by atoms with Crippen LogP contribution in [0.2, 0.25) is 0 Å². The average Bonchev–Trinajstić information content (AvgIpc) is 2.18. The van der Waals surface area contributed by atoms with Crippen LogP contribution >= 0.6 is 28.5 Å². The van der Waals surface area contributed by atoms with Crippen molar-refractivity contribution in [1.82, 2.24) is 9.97 Å². The summed E-state index contributed by atoms with van der Waals surface area (Å²) < 4.78 is 10.3. The van der Waals surface area contributed by atoms with Crippen LogP contribution in [-0.2, 0) is 15.9 Å². The molecule has 0 amide bonds. The minimum atomic E-state index is -0.163. The van der Waals surface area contributed by atoms with Gasteiger partial charge in [0.25, 0.3) is 5.56 Å². The van der Waals surface area contributed by atoms with Gasteiger partial charge in [-0.05, 0) is 22.0 Å². The Morgan fingerprint density at radius 3 is 3.14 bits per heavy atom. The zero-order chi connectivity index (χ0) is 10.2. The number of ether oxygens (including phenoxy) is 1. The van der Waals surface area contributed by atoms with E-state index >= 15 is 0 Å². The SMILES string of the molecule is O=c1cc(COCCOPI)nc[nH]1. The standard InChI is InChI=1S/C7H10IN2O3P/c8-14-13-2-1-12-4-6-3-7(11)10-5-9-6/h3,5,14H,1-2,4H2,(H,9,10,11). The molecule has 0 radical (unpaired) electrons. The molecule has 1 N–H and O–H groups in total. The summed E-state index contributed by atoms with van der Waals surface area (Å²) in [5.74, 6) is 0. The van der Waals surface area contributed by atoms with Crippen molar-refractivity contribution < 1.29 is 9.26 Å². The molecule has 0 spiro atoms. The van der Waals surface area contributed by atoms with Crippen molar-refractivity contribution in [3.8, 4) is 0 Å². The molecule has 1 aromatic rings. The minimum absolute atomic E-state index is 0.163. The fraction of sp³-hybridized carbons (Fsp3) is 0.429. The van der Waals surface area contributed by atoms with E-state index in [1.54, 1.807) is 0 Å². The molecule has 0 bridgehead atoms. The van der Waals surface area contributed by atoms with Crippen LogP contribution < -0.4 is 5.56 Å². The third kappa shape index (κ3) is 4.99. The smallest absolute Gasteiger partial charge is 0.250 e. The van der Waals surface area contributed by atoms with Crippen LogP contribution in [0, 0.1) is 0 Å². The maximum absolute atomic E-state index is 10.8. The Labute approximate surface area is 96.0 Å². The van der Waals surface area contributed by atoms with Crippen LogP contribution in [-0.4, -0.2) is 23.2 Å². The fourth-order valence-corrected chi connectivity index (χ4v) is 1.62. The Hall–Kier alpha value is -0.0400. The molecule has 1 rings (SSSR count). The summed E-state index contributed by atoms with van der Waals surface area (Å²) >= 11 is 2.15. The maximum Gasteiger partial charge on any atom is 0.250 e. The number of nitrogens with one attached hydrogen (secondary N) is 1. The maximum atomic E-state index is 10.8. The van der Waals surface area contributed by atoms with Gasteiger partial charge in [0.15, 0.2) is 0 Å². The Balaban J connectivity index is 2.21. The Bertz CT molecular complexity index is 320. The summed E-state index contributed by atoms with van der Waals surface area (Å²) in [5.41, 5.74) is 0.467. The number of hydrogen-bond acceptors (Lipinski definition) is 4. The van der Waals surface area contributed by atoms with Gasteiger partial charge in [-0.25, -0.2) is 4.98 Å². The summed E-state index contributed by atoms with van der Waals surface area (Å²) in [6.45, 7) is 1.89. The lowest BCUT2D eigenvalue weighted by Gasteiger charge is -2.02. The topological polar surface area (TPSA) is 64.2 Å². The van der Waals surface area contributed by atoms with Crippen molar-refractivity contribution in [2.45, 2.75) is 6.61 Å². The molecule has 1 heterocycles. The molecule has 78 valence electrons. The van der Waals surface area contributed by atoms with E-state index in [-0.39, 0.29) is 5.56 Å². The Morgan fingerprint density at radius 1 is 1.57 bits per heavy atom. The number of nitrogens with zero attached hydrogens (tertiary/aromatic N) is 1. The van der Waals surface area contributed by atoms with Crippen molar-refractivity contribution in [3.63, 3.8) is 0 Å². The van der Waals surface area contributed by atoms with Crippen molar-refractivity contribution in [2.24, 2.45) is 0 Å². The van der Waals surface area contributed by atoms with Gasteiger partial charge in [-0.2, -0.15) is 0 Å². The Kier molecular flexibility index (Phi) is 6.25. The van der Waals surface area contributed by atoms with Gasteiger partial charge in [0.2, 0.25) is 0 Å². The van der Waals surface area contributed by atoms with Gasteiger partial charge >= 0.3 is 0 Å². The Morgan fingerprint density at radius 2 is 2.43 bits per heavy atom. The minimum Gasteiger partial charge on any atom is -0.373 e. The second kappa shape index (κ2) is 7.28. The van der Waals surface area contributed by atoms with Gasteiger partial charge in [-0.3, -0.25) is 4.79 Å². The van der Waals surface area contributed by atoms with Crippen molar-refractivity contribution in [3.05, 3.63) is 28.4 Å². The number of aromatic amines is 1. The van der Waals surface area contributed by atoms with Crippen LogP contribution in [0.5, 0.6) is 0 Å². The van der Waals surface area contributed by atoms with Gasteiger partial charge < -0.3 is 14.2 Å². The molecule has 1 atom stereocenters. The van der Waals surface area contributed by atoms with Crippen LogP contribution in [0.4, 0.5) is 0 Å². The van der Waals surface area contributed by atoms with E-state index < -0.39 is 0 Å². The van der Waals surface area contributed by atoms with Crippen molar-refractivity contribution >= 4 is 28.5 Å². The lowest BCUT2D eigenvalue weighted by molar-refractivity contribution is 0.0923. The number of halogens is 1. The first-order valence-corrected chi connectivity index (χ1v) is 7.94. The van der Waals surface area contributed by atoms with E-state index in [1.807, 2.05) is 0 Å². The number of aromatic nitrogens is 2. The highest BCUT2D eigenvalue weighted by Gasteiger charge is 1.95. The lowest BCUT2D eigenvalue weighted by Crippen LogP contribution is -2.08. The molecular formula is C7H10IN2O3P. The molecule has 0 fully saturated rings. The number of hydrogen-bond donors (Lipinski definition) is 1. The molecule has 0 aliphatic heterocycles. The zero-order valence-corrected chi connectivity index (χ0v) is 10.5. The second-order valence-electron chi connectivity index (χ2n) is 2.38. The summed E-state index contributed by atoms with van der Waals surface area (Å²) in [4.78, 5) is 17.2. The molecule has 0 aliphatic rings. The van der Waals surface area contributed by atoms with Gasteiger partial charge in [0.1, 0.15) is 0 Å². The second-order valence-corrected chi connectivity index (χ2v) is 4.14. The average molecular weight is 328 g/mol. The fourth-order valence-electron chi connectivity index (χ4n) is 0.804. The summed E-state index contributed by atoms with van der Waals surface area (Å²) in [6, 6.07) is 1.42. The normalized spacial score (nSPS) is 11.2. The van der Waals surface area contributed by atoms with E-state index in [1.165, 1.54) is 12.4 Å². The van der Waals surface area contributed by atoms with Crippen LogP contribution in [0.1, 0.15) is 5.69 Å². The van der Waals surface area contributed by atoms with Crippen LogP contribution in [0.15, 0.2) is 17.2 Å². The molecule has 0 aliphatic carbocycles. The quantitative estimate of drug-likeness (QED) is 0.485. The van der Waals surface area contributed by atoms with Gasteiger partial charge in [0, 0.05) is 6.07 Å². The summed E-state index contributed by atoms with van der Waals surface area (Å²) in [7, 11) is 0. The first-order chi connectivity index (χ1) is 6.83. The number of H-pyrrole nitrogens is 1. The highest BCUT2D eigenvalue weighted by molar-refractivity contribution is 14.2. The predicted octanol–water partition coefficient (Wildman–Crippen LogP) is 1.25. The van der Waals surface area contributed by atoms with Gasteiger partial charge in [-0.1, -0.05) is 0 Å². The van der Waals surface area contributed by atoms with E-state index in [9.17, 15) is 4.79 Å². The zero-order valence-electron chi connectivity index (χ0n) is 7.33. The highest BCUT2D eigenvalue weighted by atomic mass is 127. The highest BCUT2D eigenvalue weighted by Crippen LogP contribution is 2.20. The molecule has 7 heteroatoms. The van der Waals surface area contributed by atoms with Gasteiger partial charge in [-0.15, -0.1) is 0 Å². The largest absolute Gasteiger partial charge is 0.373 e. The van der Waals surface area contributed by atoms with E-state index in [4.69, 9.17) is 9.26 Å². The summed E-state index contributed by atoms with van der Waals surface area (Å²) in [5, 5.41) is 0. The lowest BCUT2D eigenvalue weighted by atomic mass is 10.4. The first-order valence-electron chi connectivity index (χ1n) is 3.91. The van der Waals surface area contributed by atoms with Crippen LogP contribution in [0.3, 0.4) is 0 Å². The molecule has 1 aromatic heterocycles. The molecule has 0 aromatic carbocycles. The van der Waals surface area contributed by atoms with Crippen molar-refractivity contribution in [1.29, 1.82) is 0 Å². The molecule has 0 saturated heterocycles. The monoisotopic (exact) mass is 328 g/mol. The van der Waals surface area contributed by atoms with E-state index in [2.05, 4.69) is 32.0 Å².